The first-order valence-electron chi connectivity index (χ1n) is 6.20. The van der Waals surface area contributed by atoms with Gasteiger partial charge in [-0.05, 0) is 50.6 Å². The van der Waals surface area contributed by atoms with Gasteiger partial charge in [-0.15, -0.1) is 0 Å². The van der Waals surface area contributed by atoms with E-state index in [9.17, 15) is 0 Å². The molecule has 15 heavy (non-hydrogen) atoms. The van der Waals surface area contributed by atoms with E-state index >= 15 is 0 Å². The van der Waals surface area contributed by atoms with Crippen molar-refractivity contribution in [2.24, 2.45) is 17.1 Å². The third-order valence-electron chi connectivity index (χ3n) is 3.91. The van der Waals surface area contributed by atoms with Gasteiger partial charge in [-0.2, -0.15) is 0 Å². The maximum atomic E-state index is 5.80. The lowest BCUT2D eigenvalue weighted by Crippen LogP contribution is -2.36. The van der Waals surface area contributed by atoms with Crippen LogP contribution in [0.4, 0.5) is 0 Å². The number of nitrogens with zero attached hydrogens (tertiary/aromatic N) is 1. The van der Waals surface area contributed by atoms with Crippen LogP contribution in [0, 0.1) is 11.3 Å². The highest BCUT2D eigenvalue weighted by Crippen LogP contribution is 2.45. The highest BCUT2D eigenvalue weighted by molar-refractivity contribution is 4.96. The van der Waals surface area contributed by atoms with Crippen molar-refractivity contribution in [2.75, 3.05) is 39.9 Å². The molecule has 2 fully saturated rings. The minimum absolute atomic E-state index is 0.486. The maximum Gasteiger partial charge on any atom is 0.0469 e. The zero-order chi connectivity index (χ0) is 10.7. The summed E-state index contributed by atoms with van der Waals surface area (Å²) in [5.41, 5.74) is 6.29. The Hall–Kier alpha value is -0.120. The molecule has 0 aromatic heterocycles. The van der Waals surface area contributed by atoms with Crippen LogP contribution in [-0.4, -0.2) is 44.8 Å². The normalized spacial score (nSPS) is 25.8. The van der Waals surface area contributed by atoms with Crippen molar-refractivity contribution in [1.82, 2.24) is 4.90 Å². The van der Waals surface area contributed by atoms with Crippen LogP contribution in [0.25, 0.3) is 0 Å². The minimum atomic E-state index is 0.486. The third kappa shape index (κ3) is 3.16. The van der Waals surface area contributed by atoms with Crippen molar-refractivity contribution in [3.05, 3.63) is 0 Å². The Morgan fingerprint density at radius 1 is 1.33 bits per heavy atom. The monoisotopic (exact) mass is 212 g/mol. The van der Waals surface area contributed by atoms with Gasteiger partial charge < -0.3 is 15.4 Å². The van der Waals surface area contributed by atoms with Crippen LogP contribution >= 0.6 is 0 Å². The van der Waals surface area contributed by atoms with Gasteiger partial charge in [-0.25, -0.2) is 0 Å². The molecule has 0 bridgehead atoms. The Labute approximate surface area is 93.0 Å². The van der Waals surface area contributed by atoms with Gasteiger partial charge in [0.25, 0.3) is 0 Å². The standard InChI is InChI=1S/C12H24N2O/c1-14(10-12(9-13)4-5-12)8-11-2-6-15-7-3-11/h11H,2-10,13H2,1H3. The van der Waals surface area contributed by atoms with Crippen molar-refractivity contribution in [3.8, 4) is 0 Å². The first kappa shape index (κ1) is 11.4. The molecule has 88 valence electrons. The van der Waals surface area contributed by atoms with Crippen LogP contribution in [0.2, 0.25) is 0 Å². The van der Waals surface area contributed by atoms with Crippen LogP contribution in [0.1, 0.15) is 25.7 Å². The van der Waals surface area contributed by atoms with Crippen LogP contribution < -0.4 is 5.73 Å². The average molecular weight is 212 g/mol. The van der Waals surface area contributed by atoms with E-state index in [1.165, 1.54) is 38.8 Å². The zero-order valence-electron chi connectivity index (χ0n) is 9.87. The molecule has 2 aliphatic rings. The molecular formula is C12H24N2O. The maximum absolute atomic E-state index is 5.80. The molecule has 1 heterocycles. The molecule has 3 nitrogen and oxygen atoms in total. The first-order valence-corrected chi connectivity index (χ1v) is 6.20. The lowest BCUT2D eigenvalue weighted by Gasteiger charge is -2.29. The van der Waals surface area contributed by atoms with Gasteiger partial charge in [0.15, 0.2) is 0 Å². The smallest absolute Gasteiger partial charge is 0.0469 e. The van der Waals surface area contributed by atoms with Gasteiger partial charge in [-0.1, -0.05) is 0 Å². The number of hydrogen-bond acceptors (Lipinski definition) is 3. The predicted molar refractivity (Wildman–Crippen MR) is 61.8 cm³/mol. The summed E-state index contributed by atoms with van der Waals surface area (Å²) >= 11 is 0. The Morgan fingerprint density at radius 3 is 2.53 bits per heavy atom. The third-order valence-corrected chi connectivity index (χ3v) is 3.91. The molecule has 0 unspecified atom stereocenters. The highest BCUT2D eigenvalue weighted by Gasteiger charge is 2.41. The second kappa shape index (κ2) is 4.81. The van der Waals surface area contributed by atoms with Crippen molar-refractivity contribution in [1.29, 1.82) is 0 Å². The number of hydrogen-bond donors (Lipinski definition) is 1. The molecule has 0 spiro atoms. The largest absolute Gasteiger partial charge is 0.381 e. The number of ether oxygens (including phenoxy) is 1. The van der Waals surface area contributed by atoms with E-state index in [0.29, 0.717) is 5.41 Å². The topological polar surface area (TPSA) is 38.5 Å². The molecule has 2 rings (SSSR count). The molecule has 0 aromatic rings. The SMILES string of the molecule is CN(CC1CCOCC1)CC1(CN)CC1. The van der Waals surface area contributed by atoms with Crippen molar-refractivity contribution in [3.63, 3.8) is 0 Å². The molecule has 1 aliphatic carbocycles. The van der Waals surface area contributed by atoms with E-state index in [1.807, 2.05) is 0 Å². The second-order valence-electron chi connectivity index (χ2n) is 5.46. The van der Waals surface area contributed by atoms with Crippen LogP contribution in [0.15, 0.2) is 0 Å². The van der Waals surface area contributed by atoms with E-state index < -0.39 is 0 Å². The first-order chi connectivity index (χ1) is 7.24. The molecule has 0 amide bonds. The van der Waals surface area contributed by atoms with Gasteiger partial charge >= 0.3 is 0 Å². The van der Waals surface area contributed by atoms with Gasteiger partial charge in [0, 0.05) is 26.3 Å². The van der Waals surface area contributed by atoms with Crippen molar-refractivity contribution >= 4 is 0 Å². The molecule has 1 aliphatic heterocycles. The predicted octanol–water partition coefficient (Wildman–Crippen LogP) is 1.08. The minimum Gasteiger partial charge on any atom is -0.381 e. The fraction of sp³-hybridized carbons (Fsp3) is 1.00. The average Bonchev–Trinajstić information content (AvgIpc) is 3.00. The van der Waals surface area contributed by atoms with Gasteiger partial charge in [0.2, 0.25) is 0 Å². The number of nitrogens with two attached hydrogens (primary N) is 1. The van der Waals surface area contributed by atoms with Gasteiger partial charge in [0.05, 0.1) is 0 Å². The molecule has 0 aromatic carbocycles. The number of rotatable bonds is 5. The zero-order valence-corrected chi connectivity index (χ0v) is 9.87. The lowest BCUT2D eigenvalue weighted by atomic mass is 9.99. The fourth-order valence-corrected chi connectivity index (χ4v) is 2.61. The van der Waals surface area contributed by atoms with E-state index in [1.54, 1.807) is 0 Å². The lowest BCUT2D eigenvalue weighted by molar-refractivity contribution is 0.0536. The van der Waals surface area contributed by atoms with Crippen molar-refractivity contribution < 1.29 is 4.74 Å². The van der Waals surface area contributed by atoms with E-state index in [4.69, 9.17) is 10.5 Å². The summed E-state index contributed by atoms with van der Waals surface area (Å²) < 4.78 is 5.38. The van der Waals surface area contributed by atoms with Gasteiger partial charge in [-0.3, -0.25) is 0 Å². The Bertz CT molecular complexity index is 198. The van der Waals surface area contributed by atoms with Crippen molar-refractivity contribution in [2.45, 2.75) is 25.7 Å². The molecule has 2 N–H and O–H groups in total. The summed E-state index contributed by atoms with van der Waals surface area (Å²) in [4.78, 5) is 2.48. The fourth-order valence-electron chi connectivity index (χ4n) is 2.61. The Morgan fingerprint density at radius 2 is 2.00 bits per heavy atom. The summed E-state index contributed by atoms with van der Waals surface area (Å²) in [6.07, 6.45) is 5.14. The van der Waals surface area contributed by atoms with Crippen LogP contribution in [0.3, 0.4) is 0 Å². The van der Waals surface area contributed by atoms with Gasteiger partial charge in [0.1, 0.15) is 0 Å². The molecule has 3 heteroatoms. The highest BCUT2D eigenvalue weighted by atomic mass is 16.5. The summed E-state index contributed by atoms with van der Waals surface area (Å²) in [6.45, 7) is 5.21. The van der Waals surface area contributed by atoms with E-state index in [2.05, 4.69) is 11.9 Å². The van der Waals surface area contributed by atoms with E-state index in [0.717, 1.165) is 25.7 Å². The molecular weight excluding hydrogens is 188 g/mol. The quantitative estimate of drug-likeness (QED) is 0.741. The molecule has 0 atom stereocenters. The molecule has 0 radical (unpaired) electrons. The summed E-state index contributed by atoms with van der Waals surface area (Å²) in [5, 5.41) is 0. The van der Waals surface area contributed by atoms with E-state index in [-0.39, 0.29) is 0 Å². The summed E-state index contributed by atoms with van der Waals surface area (Å²) in [6, 6.07) is 0. The summed E-state index contributed by atoms with van der Waals surface area (Å²) in [7, 11) is 2.24. The molecule has 1 saturated heterocycles. The Balaban J connectivity index is 1.69. The second-order valence-corrected chi connectivity index (χ2v) is 5.46. The summed E-state index contributed by atoms with van der Waals surface area (Å²) in [5.74, 6) is 0.845. The van der Waals surface area contributed by atoms with Crippen LogP contribution in [-0.2, 0) is 4.74 Å². The van der Waals surface area contributed by atoms with Crippen LogP contribution in [0.5, 0.6) is 0 Å². The Kier molecular flexibility index (Phi) is 3.65. The molecule has 1 saturated carbocycles.